The molecule has 2 heterocycles. The third-order valence-corrected chi connectivity index (χ3v) is 7.20. The number of nitrogens with zero attached hydrogens (tertiary/aromatic N) is 4. The first-order chi connectivity index (χ1) is 17.0. The fourth-order valence-electron chi connectivity index (χ4n) is 5.15. The SMILES string of the molecule is COc1ccccc1N1CCN(CC(O)Cn2nc(-c3ccc(Cl)cc3)c3c2CCC(=O)C3)CC1. The first-order valence-corrected chi connectivity index (χ1v) is 12.5. The highest BCUT2D eigenvalue weighted by Crippen LogP contribution is 2.31. The number of hydrogen-bond acceptors (Lipinski definition) is 6. The van der Waals surface area contributed by atoms with Crippen LogP contribution in [0.4, 0.5) is 5.69 Å². The highest BCUT2D eigenvalue weighted by atomic mass is 35.5. The molecule has 1 atom stereocenters. The number of methoxy groups -OCH3 is 1. The van der Waals surface area contributed by atoms with Crippen molar-refractivity contribution >= 4 is 23.1 Å². The molecule has 2 aromatic carbocycles. The Morgan fingerprint density at radius 3 is 2.51 bits per heavy atom. The molecule has 1 unspecified atom stereocenters. The number of aromatic nitrogens is 2. The largest absolute Gasteiger partial charge is 0.495 e. The van der Waals surface area contributed by atoms with Gasteiger partial charge in [0.15, 0.2) is 0 Å². The number of carbonyl (C=O) groups is 1. The number of rotatable bonds is 7. The van der Waals surface area contributed by atoms with E-state index < -0.39 is 6.10 Å². The molecule has 1 fully saturated rings. The lowest BCUT2D eigenvalue weighted by atomic mass is 9.92. The number of ketones is 1. The minimum absolute atomic E-state index is 0.237. The van der Waals surface area contributed by atoms with Gasteiger partial charge in [0.25, 0.3) is 0 Å². The zero-order valence-electron chi connectivity index (χ0n) is 20.0. The van der Waals surface area contributed by atoms with E-state index in [-0.39, 0.29) is 5.78 Å². The number of piperazine rings is 1. The van der Waals surface area contributed by atoms with E-state index in [0.717, 1.165) is 60.1 Å². The molecule has 0 spiro atoms. The van der Waals surface area contributed by atoms with E-state index in [4.69, 9.17) is 21.4 Å². The number of β-amino-alcohol motifs (C(OH)–C–C–N with tert-alkyl or cyclic N) is 1. The maximum Gasteiger partial charge on any atom is 0.142 e. The number of benzene rings is 2. The summed E-state index contributed by atoms with van der Waals surface area (Å²) in [4.78, 5) is 16.8. The van der Waals surface area contributed by atoms with Crippen molar-refractivity contribution < 1.29 is 14.6 Å². The first kappa shape index (κ1) is 23.9. The maximum absolute atomic E-state index is 12.2. The number of carbonyl (C=O) groups excluding carboxylic acids is 1. The Kier molecular flexibility index (Phi) is 7.09. The van der Waals surface area contributed by atoms with Crippen molar-refractivity contribution in [2.45, 2.75) is 31.9 Å². The number of fused-ring (bicyclic) bond motifs is 1. The average Bonchev–Trinajstić information content (AvgIpc) is 3.22. The van der Waals surface area contributed by atoms with Crippen LogP contribution < -0.4 is 9.64 Å². The quantitative estimate of drug-likeness (QED) is 0.542. The number of Topliss-reactive ketones (excluding diaryl/α,β-unsaturated/α-hetero) is 1. The second-order valence-electron chi connectivity index (χ2n) is 9.29. The predicted molar refractivity (Wildman–Crippen MR) is 137 cm³/mol. The minimum atomic E-state index is -0.549. The zero-order valence-corrected chi connectivity index (χ0v) is 20.7. The molecular weight excluding hydrogens is 464 g/mol. The minimum Gasteiger partial charge on any atom is -0.495 e. The van der Waals surface area contributed by atoms with Gasteiger partial charge < -0.3 is 14.7 Å². The summed E-state index contributed by atoms with van der Waals surface area (Å²) < 4.78 is 7.43. The first-order valence-electron chi connectivity index (χ1n) is 12.2. The molecular formula is C27H31ClN4O3. The Bertz CT molecular complexity index is 1190. The van der Waals surface area contributed by atoms with Gasteiger partial charge >= 0.3 is 0 Å². The van der Waals surface area contributed by atoms with E-state index in [9.17, 15) is 9.90 Å². The molecule has 1 aliphatic heterocycles. The van der Waals surface area contributed by atoms with Crippen LogP contribution in [0.25, 0.3) is 11.3 Å². The van der Waals surface area contributed by atoms with Gasteiger partial charge in [0.05, 0.1) is 31.1 Å². The van der Waals surface area contributed by atoms with Crippen LogP contribution in [0.2, 0.25) is 5.02 Å². The van der Waals surface area contributed by atoms with Gasteiger partial charge in [-0.15, -0.1) is 0 Å². The molecule has 1 aliphatic carbocycles. The molecule has 0 amide bonds. The van der Waals surface area contributed by atoms with Crippen LogP contribution in [-0.2, 0) is 24.2 Å². The Labute approximate surface area is 210 Å². The number of aliphatic hydroxyl groups excluding tert-OH is 1. The normalized spacial score (nSPS) is 17.3. The molecule has 8 heteroatoms. The maximum atomic E-state index is 12.2. The number of ether oxygens (including phenoxy) is 1. The van der Waals surface area contributed by atoms with E-state index in [1.165, 1.54) is 0 Å². The Morgan fingerprint density at radius 1 is 1.03 bits per heavy atom. The monoisotopic (exact) mass is 494 g/mol. The van der Waals surface area contributed by atoms with E-state index in [1.807, 2.05) is 47.1 Å². The standard InChI is InChI=1S/C27H31ClN4O3/c1-35-26-5-3-2-4-25(26)31-14-12-30(13-15-31)17-22(34)18-32-24-11-10-21(33)16-23(24)27(29-32)19-6-8-20(28)9-7-19/h2-9,22,34H,10-18H2,1H3. The second-order valence-corrected chi connectivity index (χ2v) is 9.73. The lowest BCUT2D eigenvalue weighted by Gasteiger charge is -2.37. The van der Waals surface area contributed by atoms with Gasteiger partial charge in [-0.05, 0) is 30.7 Å². The van der Waals surface area contributed by atoms with E-state index in [1.54, 1.807) is 7.11 Å². The summed E-state index contributed by atoms with van der Waals surface area (Å²) in [5.41, 5.74) is 4.93. The van der Waals surface area contributed by atoms with Crippen LogP contribution in [0.1, 0.15) is 17.7 Å². The number of halogens is 1. The van der Waals surface area contributed by atoms with Crippen LogP contribution in [0, 0.1) is 0 Å². The van der Waals surface area contributed by atoms with Gasteiger partial charge in [0.1, 0.15) is 11.5 Å². The molecule has 1 aromatic heterocycles. The van der Waals surface area contributed by atoms with Crippen molar-refractivity contribution in [2.24, 2.45) is 0 Å². The highest BCUT2D eigenvalue weighted by Gasteiger charge is 2.27. The van der Waals surface area contributed by atoms with Crippen molar-refractivity contribution in [1.82, 2.24) is 14.7 Å². The second kappa shape index (κ2) is 10.4. The van der Waals surface area contributed by atoms with Crippen LogP contribution >= 0.6 is 11.6 Å². The van der Waals surface area contributed by atoms with Crippen molar-refractivity contribution in [1.29, 1.82) is 0 Å². The number of aliphatic hydroxyl groups is 1. The summed E-state index contributed by atoms with van der Waals surface area (Å²) in [6, 6.07) is 15.6. The summed E-state index contributed by atoms with van der Waals surface area (Å²) in [5, 5.41) is 16.5. The Hall–Kier alpha value is -2.87. The summed E-state index contributed by atoms with van der Waals surface area (Å²) in [5.74, 6) is 1.13. The van der Waals surface area contributed by atoms with Gasteiger partial charge in [-0.25, -0.2) is 0 Å². The third kappa shape index (κ3) is 5.22. The van der Waals surface area contributed by atoms with Gasteiger partial charge in [-0.2, -0.15) is 5.10 Å². The molecule has 0 radical (unpaired) electrons. The van der Waals surface area contributed by atoms with E-state index in [2.05, 4.69) is 15.9 Å². The Morgan fingerprint density at radius 2 is 1.77 bits per heavy atom. The molecule has 184 valence electrons. The predicted octanol–water partition coefficient (Wildman–Crippen LogP) is 3.45. The van der Waals surface area contributed by atoms with Crippen LogP contribution in [0.5, 0.6) is 5.75 Å². The lowest BCUT2D eigenvalue weighted by molar-refractivity contribution is -0.118. The zero-order chi connectivity index (χ0) is 24.4. The molecule has 1 saturated heterocycles. The highest BCUT2D eigenvalue weighted by molar-refractivity contribution is 6.30. The van der Waals surface area contributed by atoms with Crippen LogP contribution in [-0.4, -0.2) is 71.5 Å². The molecule has 2 aliphatic rings. The molecule has 7 nitrogen and oxygen atoms in total. The van der Waals surface area contributed by atoms with Gasteiger partial charge in [-0.1, -0.05) is 35.9 Å². The van der Waals surface area contributed by atoms with Gasteiger partial charge in [-0.3, -0.25) is 14.4 Å². The van der Waals surface area contributed by atoms with Crippen molar-refractivity contribution in [3.05, 3.63) is 64.8 Å². The molecule has 3 aromatic rings. The smallest absolute Gasteiger partial charge is 0.142 e. The lowest BCUT2D eigenvalue weighted by Crippen LogP contribution is -2.49. The molecule has 0 saturated carbocycles. The number of para-hydroxylation sites is 2. The fourth-order valence-corrected chi connectivity index (χ4v) is 5.28. The van der Waals surface area contributed by atoms with Crippen molar-refractivity contribution in [2.75, 3.05) is 44.7 Å². The summed E-state index contributed by atoms with van der Waals surface area (Å²) in [7, 11) is 1.70. The topological polar surface area (TPSA) is 70.8 Å². The third-order valence-electron chi connectivity index (χ3n) is 6.95. The van der Waals surface area contributed by atoms with Crippen molar-refractivity contribution in [3.8, 4) is 17.0 Å². The van der Waals surface area contributed by atoms with Gasteiger partial charge in [0, 0.05) is 67.4 Å². The molecule has 5 rings (SSSR count). The summed E-state index contributed by atoms with van der Waals surface area (Å²) in [6.45, 7) is 4.51. The average molecular weight is 495 g/mol. The number of anilines is 1. The van der Waals surface area contributed by atoms with Gasteiger partial charge in [0.2, 0.25) is 0 Å². The molecule has 0 bridgehead atoms. The van der Waals surface area contributed by atoms with Crippen LogP contribution in [0.15, 0.2) is 48.5 Å². The number of hydrogen-bond donors (Lipinski definition) is 1. The Balaban J connectivity index is 1.25. The fraction of sp³-hybridized carbons (Fsp3) is 0.407. The van der Waals surface area contributed by atoms with Crippen molar-refractivity contribution in [3.63, 3.8) is 0 Å². The molecule has 35 heavy (non-hydrogen) atoms. The summed E-state index contributed by atoms with van der Waals surface area (Å²) in [6.07, 6.45) is 1.04. The molecule has 1 N–H and O–H groups in total. The van der Waals surface area contributed by atoms with Crippen LogP contribution in [0.3, 0.4) is 0 Å². The summed E-state index contributed by atoms with van der Waals surface area (Å²) >= 11 is 6.06. The van der Waals surface area contributed by atoms with E-state index >= 15 is 0 Å². The van der Waals surface area contributed by atoms with E-state index in [0.29, 0.717) is 37.4 Å².